The van der Waals surface area contributed by atoms with E-state index in [-0.39, 0.29) is 11.4 Å². The van der Waals surface area contributed by atoms with Crippen molar-refractivity contribution in [3.05, 3.63) is 24.3 Å². The van der Waals surface area contributed by atoms with Gasteiger partial charge in [-0.25, -0.2) is 0 Å². The fraction of sp³-hybridized carbons (Fsp3) is 0.611. The van der Waals surface area contributed by atoms with Gasteiger partial charge in [-0.3, -0.25) is 4.79 Å². The van der Waals surface area contributed by atoms with E-state index in [0.717, 1.165) is 31.1 Å². The van der Waals surface area contributed by atoms with Crippen LogP contribution in [0.3, 0.4) is 0 Å². The smallest absolute Gasteiger partial charge is 0.232 e. The first-order valence-corrected chi connectivity index (χ1v) is 9.20. The van der Waals surface area contributed by atoms with Crippen molar-refractivity contribution in [2.75, 3.05) is 37.4 Å². The Kier molecular flexibility index (Phi) is 5.84. The van der Waals surface area contributed by atoms with Gasteiger partial charge in [0.1, 0.15) is 5.75 Å². The number of anilines is 1. The Hall–Kier alpha value is -1.36. The maximum atomic E-state index is 12.4. The average molecular weight is 337 g/mol. The topological polar surface area (TPSA) is 32.8 Å². The summed E-state index contributed by atoms with van der Waals surface area (Å²) in [5.41, 5.74) is 0.981. The van der Waals surface area contributed by atoms with Crippen LogP contribution >= 0.6 is 11.8 Å². The van der Waals surface area contributed by atoms with Gasteiger partial charge in [0.15, 0.2) is 0 Å². The number of carbonyl (C=O) groups excluding carboxylic acids is 1. The van der Waals surface area contributed by atoms with E-state index in [0.29, 0.717) is 11.0 Å². The van der Waals surface area contributed by atoms with Gasteiger partial charge in [0, 0.05) is 19.6 Å². The summed E-state index contributed by atoms with van der Waals surface area (Å²) in [4.78, 5) is 16.8. The molecule has 1 aromatic carbocycles. The lowest BCUT2D eigenvalue weighted by Gasteiger charge is -2.48. The number of carbonyl (C=O) groups is 1. The average Bonchev–Trinajstić information content (AvgIpc) is 2.51. The molecule has 2 rings (SSSR count). The first-order valence-electron chi connectivity index (χ1n) is 8.15. The van der Waals surface area contributed by atoms with Gasteiger partial charge in [0.05, 0.1) is 24.1 Å². The van der Waals surface area contributed by atoms with Crippen LogP contribution in [0.4, 0.5) is 5.69 Å². The number of para-hydroxylation sites is 2. The number of methoxy groups -OCH3 is 1. The monoisotopic (exact) mass is 336 g/mol. The van der Waals surface area contributed by atoms with Crippen LogP contribution in [0.5, 0.6) is 5.75 Å². The van der Waals surface area contributed by atoms with Gasteiger partial charge < -0.3 is 14.5 Å². The number of ether oxygens (including phenoxy) is 1. The van der Waals surface area contributed by atoms with Crippen LogP contribution in [-0.4, -0.2) is 54.1 Å². The Bertz CT molecular complexity index is 546. The molecule has 0 spiro atoms. The zero-order valence-electron chi connectivity index (χ0n) is 14.8. The first-order chi connectivity index (χ1) is 10.8. The van der Waals surface area contributed by atoms with Gasteiger partial charge in [0.25, 0.3) is 0 Å². The second kappa shape index (κ2) is 7.47. The van der Waals surface area contributed by atoms with Crippen molar-refractivity contribution in [1.82, 2.24) is 4.90 Å². The van der Waals surface area contributed by atoms with Crippen molar-refractivity contribution in [3.63, 3.8) is 0 Å². The van der Waals surface area contributed by atoms with Crippen molar-refractivity contribution in [2.24, 2.45) is 0 Å². The van der Waals surface area contributed by atoms with E-state index in [1.165, 1.54) is 0 Å². The number of piperazine rings is 1. The van der Waals surface area contributed by atoms with Crippen LogP contribution < -0.4 is 9.64 Å². The highest BCUT2D eigenvalue weighted by atomic mass is 32.2. The molecular weight excluding hydrogens is 308 g/mol. The summed E-state index contributed by atoms with van der Waals surface area (Å²) >= 11 is 1.71. The van der Waals surface area contributed by atoms with E-state index in [4.69, 9.17) is 4.74 Å². The summed E-state index contributed by atoms with van der Waals surface area (Å²) in [6, 6.07) is 8.10. The molecule has 0 radical (unpaired) electrons. The number of benzene rings is 1. The summed E-state index contributed by atoms with van der Waals surface area (Å²) in [5.74, 6) is 1.70. The Morgan fingerprint density at radius 1 is 1.30 bits per heavy atom. The zero-order valence-corrected chi connectivity index (χ0v) is 15.7. The number of hydrogen-bond acceptors (Lipinski definition) is 4. The SMILES string of the molecule is COc1ccccc1N1CCN(C(=O)CSC(C)C)CC1(C)C. The number of hydrogen-bond donors (Lipinski definition) is 0. The highest BCUT2D eigenvalue weighted by Crippen LogP contribution is 2.34. The molecule has 1 aromatic rings. The van der Waals surface area contributed by atoms with E-state index >= 15 is 0 Å². The van der Waals surface area contributed by atoms with Gasteiger partial charge in [-0.2, -0.15) is 0 Å². The van der Waals surface area contributed by atoms with Crippen LogP contribution in [-0.2, 0) is 4.79 Å². The lowest BCUT2D eigenvalue weighted by molar-refractivity contribution is -0.129. The summed E-state index contributed by atoms with van der Waals surface area (Å²) in [6.07, 6.45) is 0. The van der Waals surface area contributed by atoms with Crippen LogP contribution in [0, 0.1) is 0 Å². The summed E-state index contributed by atoms with van der Waals surface area (Å²) < 4.78 is 5.51. The fourth-order valence-electron chi connectivity index (χ4n) is 3.00. The quantitative estimate of drug-likeness (QED) is 0.826. The molecule has 1 heterocycles. The van der Waals surface area contributed by atoms with Gasteiger partial charge >= 0.3 is 0 Å². The largest absolute Gasteiger partial charge is 0.495 e. The molecular formula is C18H28N2O2S. The first kappa shape index (κ1) is 18.0. The number of thioether (sulfide) groups is 1. The molecule has 0 atom stereocenters. The third-order valence-corrected chi connectivity index (χ3v) is 5.25. The minimum absolute atomic E-state index is 0.120. The van der Waals surface area contributed by atoms with Crippen LogP contribution in [0.2, 0.25) is 0 Å². The maximum absolute atomic E-state index is 12.4. The molecule has 1 fully saturated rings. The summed E-state index contributed by atoms with van der Waals surface area (Å²) in [6.45, 7) is 11.0. The molecule has 1 aliphatic rings. The van der Waals surface area contributed by atoms with Crippen molar-refractivity contribution in [1.29, 1.82) is 0 Å². The van der Waals surface area contributed by atoms with Crippen molar-refractivity contribution in [2.45, 2.75) is 38.5 Å². The molecule has 5 heteroatoms. The second-order valence-corrected chi connectivity index (χ2v) is 8.38. The third-order valence-electron chi connectivity index (χ3n) is 4.17. The Morgan fingerprint density at radius 2 is 2.00 bits per heavy atom. The number of amides is 1. The number of rotatable bonds is 5. The van der Waals surface area contributed by atoms with Crippen LogP contribution in [0.25, 0.3) is 0 Å². The fourth-order valence-corrected chi connectivity index (χ4v) is 3.65. The predicted octanol–water partition coefficient (Wildman–Crippen LogP) is 3.26. The van der Waals surface area contributed by atoms with E-state index < -0.39 is 0 Å². The molecule has 23 heavy (non-hydrogen) atoms. The van der Waals surface area contributed by atoms with Gasteiger partial charge in [-0.15, -0.1) is 11.8 Å². The maximum Gasteiger partial charge on any atom is 0.232 e. The van der Waals surface area contributed by atoms with E-state index in [2.05, 4.69) is 38.7 Å². The summed E-state index contributed by atoms with van der Waals surface area (Å²) in [7, 11) is 1.70. The highest BCUT2D eigenvalue weighted by Gasteiger charge is 2.36. The van der Waals surface area contributed by atoms with Crippen LogP contribution in [0.1, 0.15) is 27.7 Å². The van der Waals surface area contributed by atoms with E-state index in [1.807, 2.05) is 23.1 Å². The van der Waals surface area contributed by atoms with Crippen LogP contribution in [0.15, 0.2) is 24.3 Å². The predicted molar refractivity (Wildman–Crippen MR) is 98.6 cm³/mol. The summed E-state index contributed by atoms with van der Waals surface area (Å²) in [5, 5.41) is 0.488. The minimum Gasteiger partial charge on any atom is -0.495 e. The molecule has 0 saturated carbocycles. The molecule has 0 N–H and O–H groups in total. The van der Waals surface area contributed by atoms with Gasteiger partial charge in [0.2, 0.25) is 5.91 Å². The van der Waals surface area contributed by atoms with Gasteiger partial charge in [-0.1, -0.05) is 26.0 Å². The second-order valence-electron chi connectivity index (χ2n) is 6.81. The molecule has 1 aliphatic heterocycles. The number of nitrogens with zero attached hydrogens (tertiary/aromatic N) is 2. The van der Waals surface area contributed by atoms with Crippen molar-refractivity contribution >= 4 is 23.4 Å². The molecule has 0 unspecified atom stereocenters. The Labute approximate surface area is 144 Å². The Balaban J connectivity index is 2.10. The van der Waals surface area contributed by atoms with Crippen molar-refractivity contribution in [3.8, 4) is 5.75 Å². The van der Waals surface area contributed by atoms with Gasteiger partial charge in [-0.05, 0) is 31.2 Å². The third kappa shape index (κ3) is 4.34. The lowest BCUT2D eigenvalue weighted by Crippen LogP contribution is -2.61. The Morgan fingerprint density at radius 3 is 2.61 bits per heavy atom. The standard InChI is InChI=1S/C18H28N2O2S/c1-14(2)23-12-17(21)19-10-11-20(18(3,4)13-19)15-8-6-7-9-16(15)22-5/h6-9,14H,10-13H2,1-5H3. The molecule has 0 bridgehead atoms. The molecule has 128 valence electrons. The zero-order chi connectivity index (χ0) is 17.0. The van der Waals surface area contributed by atoms with Crippen molar-refractivity contribution < 1.29 is 9.53 Å². The molecule has 0 aliphatic carbocycles. The minimum atomic E-state index is -0.120. The highest BCUT2D eigenvalue weighted by molar-refractivity contribution is 8.00. The molecule has 0 aromatic heterocycles. The van der Waals surface area contributed by atoms with E-state index in [9.17, 15) is 4.79 Å². The molecule has 1 amide bonds. The normalized spacial score (nSPS) is 17.5. The molecule has 1 saturated heterocycles. The molecule has 4 nitrogen and oxygen atoms in total. The lowest BCUT2D eigenvalue weighted by atomic mass is 9.97. The van der Waals surface area contributed by atoms with E-state index in [1.54, 1.807) is 18.9 Å².